The highest BCUT2D eigenvalue weighted by Crippen LogP contribution is 2.28. The number of aromatic nitrogens is 1. The Morgan fingerprint density at radius 1 is 1.23 bits per heavy atom. The van der Waals surface area contributed by atoms with E-state index in [2.05, 4.69) is 20.3 Å². The Hall–Kier alpha value is -3.07. The summed E-state index contributed by atoms with van der Waals surface area (Å²) in [5.74, 6) is -6.53. The molecule has 0 radical (unpaired) electrons. The average molecular weight is 312 g/mol. The average Bonchev–Trinajstić information content (AvgIpc) is 2.80. The summed E-state index contributed by atoms with van der Waals surface area (Å²) in [5.41, 5.74) is 7.04. The van der Waals surface area contributed by atoms with E-state index >= 15 is 0 Å². The number of nitrogens with zero attached hydrogens (tertiary/aromatic N) is 5. The van der Waals surface area contributed by atoms with Crippen LogP contribution < -0.4 is 5.32 Å². The first-order valence-electron chi connectivity index (χ1n) is 5.82. The highest BCUT2D eigenvalue weighted by Gasteiger charge is 2.23. The highest BCUT2D eigenvalue weighted by molar-refractivity contribution is 6.12. The number of carbonyl (C=O) groups excluding carboxylic acids is 2. The number of rotatable bonds is 5. The minimum Gasteiger partial charge on any atom is -0.366 e. The summed E-state index contributed by atoms with van der Waals surface area (Å²) in [6.07, 6.45) is 2.14. The molecule has 2 heterocycles. The lowest BCUT2D eigenvalue weighted by Gasteiger charge is -2.15. The van der Waals surface area contributed by atoms with E-state index in [9.17, 15) is 22.8 Å². The van der Waals surface area contributed by atoms with Crippen molar-refractivity contribution >= 4 is 23.3 Å². The predicted molar refractivity (Wildman–Crippen MR) is 67.3 cm³/mol. The normalized spacial score (nSPS) is 13.5. The Morgan fingerprint density at radius 3 is 2.45 bits per heavy atom. The molecule has 11 heteroatoms. The first-order valence-corrected chi connectivity index (χ1v) is 5.82. The summed E-state index contributed by atoms with van der Waals surface area (Å²) in [4.78, 5) is 28.6. The van der Waals surface area contributed by atoms with Crippen LogP contribution in [0.3, 0.4) is 0 Å². The van der Waals surface area contributed by atoms with Crippen molar-refractivity contribution in [2.45, 2.75) is 0 Å². The molecule has 8 nitrogen and oxygen atoms in total. The molecule has 0 atom stereocenters. The van der Waals surface area contributed by atoms with Crippen molar-refractivity contribution in [3.05, 3.63) is 40.2 Å². The molecule has 0 saturated carbocycles. The smallest absolute Gasteiger partial charge is 0.253 e. The number of carbonyl (C=O) groups is 2. The molecule has 0 bridgehead atoms. The molecule has 1 aromatic rings. The zero-order valence-corrected chi connectivity index (χ0v) is 10.8. The fourth-order valence-corrected chi connectivity index (χ4v) is 1.69. The largest absolute Gasteiger partial charge is 0.366 e. The molecule has 2 amide bonds. The number of amides is 2. The summed E-state index contributed by atoms with van der Waals surface area (Å²) in [7, 11) is 0. The van der Waals surface area contributed by atoms with Crippen LogP contribution in [0, 0.1) is 17.6 Å². The second kappa shape index (κ2) is 6.14. The van der Waals surface area contributed by atoms with Crippen LogP contribution in [0.25, 0.3) is 10.4 Å². The van der Waals surface area contributed by atoms with Gasteiger partial charge in [-0.15, -0.1) is 0 Å². The van der Waals surface area contributed by atoms with Gasteiger partial charge in [-0.25, -0.2) is 8.78 Å². The molecule has 0 aromatic carbocycles. The SMILES string of the molecule is [N-]=[N+]=Nc1c(F)c(F)nc(NCCN2C(=O)C=CC2=O)c1F. The Labute approximate surface area is 120 Å². The molecule has 0 aliphatic carbocycles. The molecule has 1 aliphatic rings. The van der Waals surface area contributed by atoms with E-state index in [1.165, 1.54) is 0 Å². The molecule has 1 aliphatic heterocycles. The third-order valence-electron chi connectivity index (χ3n) is 2.69. The number of azide groups is 1. The van der Waals surface area contributed by atoms with Crippen molar-refractivity contribution in [2.75, 3.05) is 18.4 Å². The molecule has 1 N–H and O–H groups in total. The van der Waals surface area contributed by atoms with Gasteiger partial charge in [-0.2, -0.15) is 9.37 Å². The number of halogens is 3. The number of nitrogens with one attached hydrogen (secondary N) is 1. The van der Waals surface area contributed by atoms with Crippen molar-refractivity contribution in [3.8, 4) is 0 Å². The maximum absolute atomic E-state index is 13.8. The van der Waals surface area contributed by atoms with Gasteiger partial charge in [-0.3, -0.25) is 14.5 Å². The number of hydrogen-bond acceptors (Lipinski definition) is 5. The number of imide groups is 1. The minimum absolute atomic E-state index is 0.137. The van der Waals surface area contributed by atoms with Crippen LogP contribution in [0.4, 0.5) is 24.7 Å². The van der Waals surface area contributed by atoms with Crippen molar-refractivity contribution in [2.24, 2.45) is 5.11 Å². The van der Waals surface area contributed by atoms with Crippen LogP contribution in [0.15, 0.2) is 17.3 Å². The van der Waals surface area contributed by atoms with Gasteiger partial charge in [0.25, 0.3) is 17.8 Å². The van der Waals surface area contributed by atoms with Crippen molar-refractivity contribution in [3.63, 3.8) is 0 Å². The molecule has 2 rings (SSSR count). The van der Waals surface area contributed by atoms with Gasteiger partial charge < -0.3 is 5.32 Å². The van der Waals surface area contributed by atoms with E-state index in [0.29, 0.717) is 0 Å². The van der Waals surface area contributed by atoms with Gasteiger partial charge in [0.1, 0.15) is 5.69 Å². The molecule has 0 spiro atoms. The topological polar surface area (TPSA) is 111 Å². The van der Waals surface area contributed by atoms with Gasteiger partial charge in [-0.05, 0) is 5.53 Å². The molecule has 0 saturated heterocycles. The quantitative estimate of drug-likeness (QED) is 0.293. The van der Waals surface area contributed by atoms with Gasteiger partial charge in [0, 0.05) is 30.2 Å². The van der Waals surface area contributed by atoms with Gasteiger partial charge in [0.2, 0.25) is 0 Å². The third kappa shape index (κ3) is 2.83. The van der Waals surface area contributed by atoms with Crippen LogP contribution in [0.5, 0.6) is 0 Å². The van der Waals surface area contributed by atoms with Crippen molar-refractivity contribution in [1.29, 1.82) is 0 Å². The maximum atomic E-state index is 13.8. The predicted octanol–water partition coefficient (Wildman–Crippen LogP) is 1.78. The molecule has 0 fully saturated rings. The zero-order chi connectivity index (χ0) is 16.3. The van der Waals surface area contributed by atoms with Crippen LogP contribution in [-0.4, -0.2) is 34.8 Å². The van der Waals surface area contributed by atoms with Crippen molar-refractivity contribution in [1.82, 2.24) is 9.88 Å². The Balaban J connectivity index is 2.12. The highest BCUT2D eigenvalue weighted by atomic mass is 19.2. The zero-order valence-electron chi connectivity index (χ0n) is 10.8. The fraction of sp³-hybridized carbons (Fsp3) is 0.182. The van der Waals surface area contributed by atoms with Gasteiger partial charge in [-0.1, -0.05) is 5.11 Å². The summed E-state index contributed by atoms with van der Waals surface area (Å²) in [5, 5.41) is 5.02. The molecule has 114 valence electrons. The number of hydrogen-bond donors (Lipinski definition) is 1. The summed E-state index contributed by atoms with van der Waals surface area (Å²) in [6.45, 7) is -0.300. The molecule has 1 aromatic heterocycles. The van der Waals surface area contributed by atoms with E-state index in [4.69, 9.17) is 5.53 Å². The second-order valence-corrected chi connectivity index (χ2v) is 4.01. The van der Waals surface area contributed by atoms with Crippen LogP contribution in [0.2, 0.25) is 0 Å². The van der Waals surface area contributed by atoms with E-state index in [0.717, 1.165) is 17.1 Å². The fourth-order valence-electron chi connectivity index (χ4n) is 1.69. The van der Waals surface area contributed by atoms with Crippen LogP contribution in [-0.2, 0) is 9.59 Å². The monoisotopic (exact) mass is 312 g/mol. The molecule has 22 heavy (non-hydrogen) atoms. The van der Waals surface area contributed by atoms with Gasteiger partial charge in [0.15, 0.2) is 17.5 Å². The van der Waals surface area contributed by atoms with E-state index in [1.54, 1.807) is 0 Å². The van der Waals surface area contributed by atoms with E-state index in [1.807, 2.05) is 0 Å². The lowest BCUT2D eigenvalue weighted by molar-refractivity contribution is -0.136. The standard InChI is InChI=1S/C11H7F3N6O2/c12-7-9(18-19-15)8(13)11(17-10(7)14)16-3-4-20-5(21)1-2-6(20)22/h1-2H,3-4H2,(H,16,17). The minimum atomic E-state index is -1.71. The maximum Gasteiger partial charge on any atom is 0.253 e. The Bertz CT molecular complexity index is 711. The molecular weight excluding hydrogens is 305 g/mol. The molecular formula is C11H7F3N6O2. The molecule has 0 unspecified atom stereocenters. The number of pyridine rings is 1. The first kappa shape index (κ1) is 15.3. The number of anilines is 1. The van der Waals surface area contributed by atoms with E-state index in [-0.39, 0.29) is 13.1 Å². The lowest BCUT2D eigenvalue weighted by atomic mass is 10.3. The first-order chi connectivity index (χ1) is 10.5. The Morgan fingerprint density at radius 2 is 1.86 bits per heavy atom. The van der Waals surface area contributed by atoms with Gasteiger partial charge >= 0.3 is 0 Å². The third-order valence-corrected chi connectivity index (χ3v) is 2.69. The van der Waals surface area contributed by atoms with Gasteiger partial charge in [0.05, 0.1) is 0 Å². The summed E-state index contributed by atoms with van der Waals surface area (Å²) in [6, 6.07) is 0. The Kier molecular flexibility index (Phi) is 4.28. The lowest BCUT2D eigenvalue weighted by Crippen LogP contribution is -2.34. The van der Waals surface area contributed by atoms with Crippen LogP contribution in [0.1, 0.15) is 0 Å². The van der Waals surface area contributed by atoms with E-state index < -0.39 is 40.9 Å². The van der Waals surface area contributed by atoms with Crippen molar-refractivity contribution < 1.29 is 22.8 Å². The van der Waals surface area contributed by atoms with Crippen LogP contribution >= 0.6 is 0 Å². The summed E-state index contributed by atoms with van der Waals surface area (Å²) < 4.78 is 40.2. The summed E-state index contributed by atoms with van der Waals surface area (Å²) >= 11 is 0. The second-order valence-electron chi connectivity index (χ2n) is 4.01.